The highest BCUT2D eigenvalue weighted by Crippen LogP contribution is 2.47. The summed E-state index contributed by atoms with van der Waals surface area (Å²) in [5.74, 6) is 0. The standard InChI is InChI=1S/C46H28O/c1-2-12-32-29(11-1)27-28-35-33(18-9-19-34(32)35)30-23-25-31(26-24-30)44-36-13-3-5-15-38(36)45(39-16-6-4-14-37(39)44)41-20-10-22-43-46(41)40-17-7-8-21-42(40)47-43/h1-28H/i3D,4D,5D,6D,13D,14D,15D,16D. The summed E-state index contributed by atoms with van der Waals surface area (Å²) < 4.78 is 79.0. The quantitative estimate of drug-likeness (QED) is 0.144. The molecule has 0 fully saturated rings. The molecule has 0 unspecified atom stereocenters. The molecule has 1 heteroatoms. The van der Waals surface area contributed by atoms with Crippen LogP contribution in [-0.4, -0.2) is 0 Å². The van der Waals surface area contributed by atoms with E-state index in [0.717, 1.165) is 38.1 Å². The van der Waals surface area contributed by atoms with Crippen LogP contribution < -0.4 is 0 Å². The van der Waals surface area contributed by atoms with Crippen molar-refractivity contribution in [1.82, 2.24) is 0 Å². The molecule has 0 aliphatic carbocycles. The number of rotatable bonds is 3. The van der Waals surface area contributed by atoms with Gasteiger partial charge in [-0.15, -0.1) is 0 Å². The Morgan fingerprint density at radius 1 is 0.362 bits per heavy atom. The van der Waals surface area contributed by atoms with Gasteiger partial charge in [-0.1, -0.05) is 158 Å². The van der Waals surface area contributed by atoms with Gasteiger partial charge in [-0.05, 0) is 88.6 Å². The zero-order chi connectivity index (χ0) is 37.9. The van der Waals surface area contributed by atoms with E-state index in [4.69, 9.17) is 9.90 Å². The predicted molar refractivity (Wildman–Crippen MR) is 200 cm³/mol. The van der Waals surface area contributed by atoms with Crippen LogP contribution >= 0.6 is 0 Å². The smallest absolute Gasteiger partial charge is 0.136 e. The fourth-order valence-corrected chi connectivity index (χ4v) is 7.27. The Morgan fingerprint density at radius 2 is 0.936 bits per heavy atom. The van der Waals surface area contributed by atoms with Crippen molar-refractivity contribution in [2.24, 2.45) is 0 Å². The number of para-hydroxylation sites is 1. The summed E-state index contributed by atoms with van der Waals surface area (Å²) in [6.07, 6.45) is 0. The Morgan fingerprint density at radius 3 is 1.70 bits per heavy atom. The Balaban J connectivity index is 1.34. The number of hydrogen-bond acceptors (Lipinski definition) is 1. The van der Waals surface area contributed by atoms with E-state index in [1.807, 2.05) is 78.9 Å². The minimum atomic E-state index is -0.437. The molecule has 0 spiro atoms. The van der Waals surface area contributed by atoms with Crippen molar-refractivity contribution in [1.29, 1.82) is 0 Å². The summed E-state index contributed by atoms with van der Waals surface area (Å²) in [5, 5.41) is 6.65. The van der Waals surface area contributed by atoms with Gasteiger partial charge in [0.15, 0.2) is 0 Å². The maximum absolute atomic E-state index is 9.38. The Labute approximate surface area is 283 Å². The number of benzene rings is 9. The van der Waals surface area contributed by atoms with Crippen LogP contribution in [0.1, 0.15) is 11.0 Å². The summed E-state index contributed by atoms with van der Waals surface area (Å²) in [4.78, 5) is 0. The zero-order valence-electron chi connectivity index (χ0n) is 33.0. The number of furan rings is 1. The van der Waals surface area contributed by atoms with Gasteiger partial charge >= 0.3 is 0 Å². The average Bonchev–Trinajstić information content (AvgIpc) is 3.61. The third-order valence-electron chi connectivity index (χ3n) is 9.32. The average molecular weight is 605 g/mol. The molecule has 0 bridgehead atoms. The third-order valence-corrected chi connectivity index (χ3v) is 9.32. The van der Waals surface area contributed by atoms with Gasteiger partial charge in [0.05, 0.1) is 11.0 Å². The largest absolute Gasteiger partial charge is 0.456 e. The van der Waals surface area contributed by atoms with Crippen molar-refractivity contribution in [3.8, 4) is 33.4 Å². The molecule has 0 radical (unpaired) electrons. The molecule has 10 rings (SSSR count). The highest BCUT2D eigenvalue weighted by atomic mass is 16.3. The van der Waals surface area contributed by atoms with Gasteiger partial charge < -0.3 is 4.42 Å². The van der Waals surface area contributed by atoms with Crippen LogP contribution in [0.3, 0.4) is 0 Å². The molecule has 1 aromatic heterocycles. The molecule has 0 amide bonds. The summed E-state index contributed by atoms with van der Waals surface area (Å²) in [5.41, 5.74) is 4.82. The molecular formula is C46H28O. The SMILES string of the molecule is [2H]c1c([2H])c([2H])c2c(-c3cccc4oc5ccccc5c34)c3c([2H])c([2H])c([2H])c([2H])c3c(-c3ccc(-c4cccc5c4ccc4ccccc45)cc3)c2c1[2H]. The van der Waals surface area contributed by atoms with Crippen molar-refractivity contribution in [2.75, 3.05) is 0 Å². The second-order valence-electron chi connectivity index (χ2n) is 11.8. The monoisotopic (exact) mass is 604 g/mol. The van der Waals surface area contributed by atoms with E-state index in [1.165, 1.54) is 0 Å². The van der Waals surface area contributed by atoms with Crippen molar-refractivity contribution in [3.05, 3.63) is 170 Å². The molecular weight excluding hydrogens is 569 g/mol. The lowest BCUT2D eigenvalue weighted by atomic mass is 9.84. The maximum atomic E-state index is 9.38. The molecule has 0 aliphatic heterocycles. The van der Waals surface area contributed by atoms with Crippen molar-refractivity contribution >= 4 is 65.0 Å². The minimum absolute atomic E-state index is 0.168. The second kappa shape index (κ2) is 10.2. The number of hydrogen-bond donors (Lipinski definition) is 0. The first-order chi connectivity index (χ1) is 26.7. The first-order valence-corrected chi connectivity index (χ1v) is 15.5. The molecule has 0 saturated heterocycles. The summed E-state index contributed by atoms with van der Waals surface area (Å²) in [6, 6.07) is 36.4. The summed E-state index contributed by atoms with van der Waals surface area (Å²) in [6.45, 7) is 0. The lowest BCUT2D eigenvalue weighted by molar-refractivity contribution is 0.669. The summed E-state index contributed by atoms with van der Waals surface area (Å²) in [7, 11) is 0. The molecule has 0 atom stereocenters. The molecule has 0 aliphatic rings. The molecule has 1 heterocycles. The molecule has 9 aromatic carbocycles. The van der Waals surface area contributed by atoms with Crippen LogP contribution in [0.4, 0.5) is 0 Å². The number of fused-ring (bicyclic) bond motifs is 8. The van der Waals surface area contributed by atoms with Gasteiger partial charge in [0, 0.05) is 10.8 Å². The normalized spacial score (nSPS) is 14.2. The van der Waals surface area contributed by atoms with E-state index in [1.54, 1.807) is 6.07 Å². The van der Waals surface area contributed by atoms with Gasteiger partial charge in [0.1, 0.15) is 11.2 Å². The molecule has 1 nitrogen and oxygen atoms in total. The topological polar surface area (TPSA) is 13.1 Å². The molecule has 218 valence electrons. The first kappa shape index (κ1) is 19.4. The van der Waals surface area contributed by atoms with Crippen molar-refractivity contribution in [2.45, 2.75) is 0 Å². The molecule has 47 heavy (non-hydrogen) atoms. The fourth-order valence-electron chi connectivity index (χ4n) is 7.27. The van der Waals surface area contributed by atoms with E-state index in [0.29, 0.717) is 38.8 Å². The third kappa shape index (κ3) is 3.90. The van der Waals surface area contributed by atoms with Crippen molar-refractivity contribution in [3.63, 3.8) is 0 Å². The molecule has 0 saturated carbocycles. The lowest BCUT2D eigenvalue weighted by Crippen LogP contribution is -1.91. The first-order valence-electron chi connectivity index (χ1n) is 19.5. The van der Waals surface area contributed by atoms with E-state index in [9.17, 15) is 5.48 Å². The van der Waals surface area contributed by atoms with E-state index in [2.05, 4.69) is 36.4 Å². The van der Waals surface area contributed by atoms with E-state index >= 15 is 0 Å². The Kier molecular flexibility index (Phi) is 4.19. The summed E-state index contributed by atoms with van der Waals surface area (Å²) >= 11 is 0. The zero-order valence-corrected chi connectivity index (χ0v) is 25.0. The highest BCUT2D eigenvalue weighted by Gasteiger charge is 2.20. The van der Waals surface area contributed by atoms with Crippen LogP contribution in [0.25, 0.3) is 98.4 Å². The van der Waals surface area contributed by atoms with Crippen LogP contribution in [0.5, 0.6) is 0 Å². The molecule has 0 N–H and O–H groups in total. The van der Waals surface area contributed by atoms with Crippen LogP contribution in [0, 0.1) is 0 Å². The van der Waals surface area contributed by atoms with Crippen LogP contribution in [-0.2, 0) is 0 Å². The van der Waals surface area contributed by atoms with Gasteiger partial charge in [-0.25, -0.2) is 0 Å². The van der Waals surface area contributed by atoms with E-state index in [-0.39, 0.29) is 45.7 Å². The Hall–Kier alpha value is -6.18. The van der Waals surface area contributed by atoms with Crippen LogP contribution in [0.15, 0.2) is 174 Å². The van der Waals surface area contributed by atoms with Gasteiger partial charge in [0.25, 0.3) is 0 Å². The molecule has 10 aromatic rings. The van der Waals surface area contributed by atoms with Crippen LogP contribution in [0.2, 0.25) is 0 Å². The fraction of sp³-hybridized carbons (Fsp3) is 0. The van der Waals surface area contributed by atoms with Gasteiger partial charge in [-0.2, -0.15) is 0 Å². The van der Waals surface area contributed by atoms with Gasteiger partial charge in [-0.3, -0.25) is 0 Å². The maximum Gasteiger partial charge on any atom is 0.136 e. The van der Waals surface area contributed by atoms with Crippen molar-refractivity contribution < 1.29 is 15.4 Å². The van der Waals surface area contributed by atoms with Gasteiger partial charge in [0.2, 0.25) is 0 Å². The van der Waals surface area contributed by atoms with E-state index < -0.39 is 24.2 Å². The highest BCUT2D eigenvalue weighted by molar-refractivity contribution is 6.25. The minimum Gasteiger partial charge on any atom is -0.456 e. The predicted octanol–water partition coefficient (Wildman–Crippen LogP) is 13.2. The lowest BCUT2D eigenvalue weighted by Gasteiger charge is -2.18. The second-order valence-corrected chi connectivity index (χ2v) is 11.8. The Bertz CT molecular complexity index is 3210.